The maximum atomic E-state index is 11.7. The van der Waals surface area contributed by atoms with Crippen LogP contribution in [0.3, 0.4) is 0 Å². The first-order valence-electron chi connectivity index (χ1n) is 6.64. The molecule has 2 amide bonds. The minimum Gasteiger partial charge on any atom is -0.310 e. The Morgan fingerprint density at radius 2 is 2.10 bits per heavy atom. The standard InChI is InChI=1S/C14H20N4O2/c1-3-4-8-13(19)18-17-11(2)10-14(20)16-12-7-5-6-9-15-12/h5-7,9H,3-4,8,10H2,1-2H3,(H,18,19)(H,15,16,20)/b17-11-. The molecule has 6 heteroatoms. The number of hydrogen-bond donors (Lipinski definition) is 2. The van der Waals surface area contributed by atoms with Gasteiger partial charge in [0.15, 0.2) is 0 Å². The molecule has 1 aromatic rings. The summed E-state index contributed by atoms with van der Waals surface area (Å²) in [6.45, 7) is 3.71. The van der Waals surface area contributed by atoms with E-state index in [1.165, 1.54) is 0 Å². The summed E-state index contributed by atoms with van der Waals surface area (Å²) in [4.78, 5) is 27.0. The van der Waals surface area contributed by atoms with E-state index < -0.39 is 0 Å². The van der Waals surface area contributed by atoms with Crippen molar-refractivity contribution in [3.05, 3.63) is 24.4 Å². The summed E-state index contributed by atoms with van der Waals surface area (Å²) in [6, 6.07) is 5.27. The topological polar surface area (TPSA) is 83.5 Å². The van der Waals surface area contributed by atoms with E-state index in [-0.39, 0.29) is 18.2 Å². The smallest absolute Gasteiger partial charge is 0.240 e. The first kappa shape index (κ1) is 15.8. The van der Waals surface area contributed by atoms with Crippen molar-refractivity contribution < 1.29 is 9.59 Å². The summed E-state index contributed by atoms with van der Waals surface area (Å²) in [6.07, 6.45) is 3.96. The third-order valence-corrected chi connectivity index (χ3v) is 2.48. The summed E-state index contributed by atoms with van der Waals surface area (Å²) < 4.78 is 0. The molecular weight excluding hydrogens is 256 g/mol. The van der Waals surface area contributed by atoms with Crippen LogP contribution in [0, 0.1) is 0 Å². The van der Waals surface area contributed by atoms with E-state index in [4.69, 9.17) is 0 Å². The fourth-order valence-corrected chi connectivity index (χ4v) is 1.45. The first-order chi connectivity index (χ1) is 9.61. The number of hydrogen-bond acceptors (Lipinski definition) is 4. The summed E-state index contributed by atoms with van der Waals surface area (Å²) in [5.74, 6) is 0.154. The van der Waals surface area contributed by atoms with Crippen LogP contribution in [0.2, 0.25) is 0 Å². The zero-order valence-corrected chi connectivity index (χ0v) is 11.8. The van der Waals surface area contributed by atoms with Crippen molar-refractivity contribution in [2.75, 3.05) is 5.32 Å². The molecule has 0 atom stereocenters. The molecule has 0 aliphatic carbocycles. The lowest BCUT2D eigenvalue weighted by atomic mass is 10.2. The van der Waals surface area contributed by atoms with Crippen molar-refractivity contribution in [3.8, 4) is 0 Å². The highest BCUT2D eigenvalue weighted by Crippen LogP contribution is 2.01. The van der Waals surface area contributed by atoms with Gasteiger partial charge in [-0.2, -0.15) is 5.10 Å². The second-order valence-corrected chi connectivity index (χ2v) is 4.43. The Bertz CT molecular complexity index is 471. The quantitative estimate of drug-likeness (QED) is 0.591. The highest BCUT2D eigenvalue weighted by Gasteiger charge is 2.05. The van der Waals surface area contributed by atoms with Gasteiger partial charge in [0.1, 0.15) is 5.82 Å². The molecule has 6 nitrogen and oxygen atoms in total. The molecule has 1 heterocycles. The fraction of sp³-hybridized carbons (Fsp3) is 0.429. The fourth-order valence-electron chi connectivity index (χ4n) is 1.45. The van der Waals surface area contributed by atoms with E-state index in [0.717, 1.165) is 12.8 Å². The predicted octanol–water partition coefficient (Wildman–Crippen LogP) is 2.09. The highest BCUT2D eigenvalue weighted by atomic mass is 16.2. The van der Waals surface area contributed by atoms with Crippen LogP contribution in [0.25, 0.3) is 0 Å². The third kappa shape index (κ3) is 6.63. The molecule has 20 heavy (non-hydrogen) atoms. The van der Waals surface area contributed by atoms with Crippen molar-refractivity contribution >= 4 is 23.3 Å². The summed E-state index contributed by atoms with van der Waals surface area (Å²) in [7, 11) is 0. The van der Waals surface area contributed by atoms with Gasteiger partial charge in [0.05, 0.1) is 6.42 Å². The molecular formula is C14H20N4O2. The number of rotatable bonds is 7. The predicted molar refractivity (Wildman–Crippen MR) is 78.3 cm³/mol. The lowest BCUT2D eigenvalue weighted by Gasteiger charge is -2.04. The number of anilines is 1. The van der Waals surface area contributed by atoms with Crippen LogP contribution in [0.15, 0.2) is 29.5 Å². The van der Waals surface area contributed by atoms with Gasteiger partial charge in [-0.15, -0.1) is 0 Å². The summed E-state index contributed by atoms with van der Waals surface area (Å²) >= 11 is 0. The number of carbonyl (C=O) groups excluding carboxylic acids is 2. The van der Waals surface area contributed by atoms with Crippen molar-refractivity contribution in [3.63, 3.8) is 0 Å². The number of carbonyl (C=O) groups is 2. The Morgan fingerprint density at radius 1 is 1.30 bits per heavy atom. The Labute approximate surface area is 118 Å². The number of unbranched alkanes of at least 4 members (excludes halogenated alkanes) is 1. The number of aromatic nitrogens is 1. The molecule has 0 saturated heterocycles. The molecule has 2 N–H and O–H groups in total. The average Bonchev–Trinajstić information content (AvgIpc) is 2.43. The van der Waals surface area contributed by atoms with Crippen molar-refractivity contribution in [2.45, 2.75) is 39.5 Å². The zero-order chi connectivity index (χ0) is 14.8. The first-order valence-corrected chi connectivity index (χ1v) is 6.64. The summed E-state index contributed by atoms with van der Waals surface area (Å²) in [5.41, 5.74) is 2.98. The lowest BCUT2D eigenvalue weighted by Crippen LogP contribution is -2.21. The Morgan fingerprint density at radius 3 is 2.75 bits per heavy atom. The Hall–Kier alpha value is -2.24. The van der Waals surface area contributed by atoms with E-state index in [0.29, 0.717) is 18.0 Å². The number of nitrogens with zero attached hydrogens (tertiary/aromatic N) is 2. The van der Waals surface area contributed by atoms with Gasteiger partial charge in [-0.05, 0) is 25.5 Å². The normalized spacial score (nSPS) is 11.0. The maximum Gasteiger partial charge on any atom is 0.240 e. The Kier molecular flexibility index (Phi) is 6.95. The van der Waals surface area contributed by atoms with E-state index in [2.05, 4.69) is 20.8 Å². The second-order valence-electron chi connectivity index (χ2n) is 4.43. The van der Waals surface area contributed by atoms with Crippen molar-refractivity contribution in [1.29, 1.82) is 0 Å². The minimum absolute atomic E-state index is 0.116. The molecule has 0 fully saturated rings. The van der Waals surface area contributed by atoms with Crippen LogP contribution >= 0.6 is 0 Å². The molecule has 0 aliphatic heterocycles. The Balaban J connectivity index is 2.35. The zero-order valence-electron chi connectivity index (χ0n) is 11.8. The van der Waals surface area contributed by atoms with E-state index >= 15 is 0 Å². The molecule has 0 spiro atoms. The van der Waals surface area contributed by atoms with E-state index in [1.807, 2.05) is 6.92 Å². The molecule has 108 valence electrons. The van der Waals surface area contributed by atoms with Crippen LogP contribution in [0.5, 0.6) is 0 Å². The number of nitrogens with one attached hydrogen (secondary N) is 2. The van der Waals surface area contributed by atoms with Gasteiger partial charge < -0.3 is 5.32 Å². The molecule has 1 rings (SSSR count). The second kappa shape index (κ2) is 8.79. The van der Waals surface area contributed by atoms with Crippen LogP contribution < -0.4 is 10.7 Å². The molecule has 0 aromatic carbocycles. The summed E-state index contributed by atoms with van der Waals surface area (Å²) in [5, 5.41) is 6.55. The third-order valence-electron chi connectivity index (χ3n) is 2.48. The maximum absolute atomic E-state index is 11.7. The van der Waals surface area contributed by atoms with Crippen molar-refractivity contribution in [1.82, 2.24) is 10.4 Å². The minimum atomic E-state index is -0.215. The van der Waals surface area contributed by atoms with Gasteiger partial charge in [-0.3, -0.25) is 9.59 Å². The van der Waals surface area contributed by atoms with Crippen LogP contribution in [0.1, 0.15) is 39.5 Å². The molecule has 0 radical (unpaired) electrons. The van der Waals surface area contributed by atoms with Gasteiger partial charge in [0, 0.05) is 18.3 Å². The van der Waals surface area contributed by atoms with Crippen LogP contribution in [-0.4, -0.2) is 22.5 Å². The van der Waals surface area contributed by atoms with E-state index in [9.17, 15) is 9.59 Å². The van der Waals surface area contributed by atoms with Crippen LogP contribution in [0.4, 0.5) is 5.82 Å². The highest BCUT2D eigenvalue weighted by molar-refractivity contribution is 6.05. The lowest BCUT2D eigenvalue weighted by molar-refractivity contribution is -0.121. The monoisotopic (exact) mass is 276 g/mol. The van der Waals surface area contributed by atoms with Gasteiger partial charge >= 0.3 is 0 Å². The van der Waals surface area contributed by atoms with Crippen molar-refractivity contribution in [2.24, 2.45) is 5.10 Å². The van der Waals surface area contributed by atoms with Crippen LogP contribution in [-0.2, 0) is 9.59 Å². The van der Waals surface area contributed by atoms with E-state index in [1.54, 1.807) is 31.3 Å². The largest absolute Gasteiger partial charge is 0.310 e. The average molecular weight is 276 g/mol. The number of hydrazone groups is 1. The molecule has 0 unspecified atom stereocenters. The number of amides is 2. The van der Waals surface area contributed by atoms with Gasteiger partial charge in [0.2, 0.25) is 11.8 Å². The molecule has 0 bridgehead atoms. The molecule has 1 aromatic heterocycles. The van der Waals surface area contributed by atoms with Gasteiger partial charge in [0.25, 0.3) is 0 Å². The number of pyridine rings is 1. The SMILES string of the molecule is CCCCC(=O)N/N=C(/C)CC(=O)Nc1ccccn1. The molecule has 0 saturated carbocycles. The van der Waals surface area contributed by atoms with Gasteiger partial charge in [-0.1, -0.05) is 19.4 Å². The molecule has 0 aliphatic rings. The van der Waals surface area contributed by atoms with Gasteiger partial charge in [-0.25, -0.2) is 10.4 Å².